The number of benzene rings is 2. The van der Waals surface area contributed by atoms with Crippen LogP contribution in [0.3, 0.4) is 0 Å². The summed E-state index contributed by atoms with van der Waals surface area (Å²) in [4.78, 5) is 24.6. The zero-order chi connectivity index (χ0) is 20.9. The van der Waals surface area contributed by atoms with Crippen LogP contribution in [0.1, 0.15) is 15.9 Å². The van der Waals surface area contributed by atoms with Gasteiger partial charge in [-0.3, -0.25) is 25.2 Å². The normalized spacial score (nSPS) is 10.9. The Morgan fingerprint density at radius 1 is 0.931 bits per heavy atom. The molecule has 29 heavy (non-hydrogen) atoms. The minimum absolute atomic E-state index is 0.0212. The van der Waals surface area contributed by atoms with Gasteiger partial charge in [-0.25, -0.2) is 8.42 Å². The number of halogens is 1. The van der Waals surface area contributed by atoms with Crippen molar-refractivity contribution in [3.63, 3.8) is 0 Å². The first kappa shape index (κ1) is 20.8. The van der Waals surface area contributed by atoms with Gasteiger partial charge in [0.2, 0.25) is 5.91 Å². The highest BCUT2D eigenvalue weighted by Crippen LogP contribution is 2.22. The van der Waals surface area contributed by atoms with Gasteiger partial charge in [0.15, 0.2) is 0 Å². The van der Waals surface area contributed by atoms with Crippen LogP contribution < -0.4 is 15.6 Å². The molecule has 2 amide bonds. The molecule has 2 aromatic carbocycles. The Kier molecular flexibility index (Phi) is 6.53. The van der Waals surface area contributed by atoms with Crippen LogP contribution >= 0.6 is 22.9 Å². The second kappa shape index (κ2) is 9.08. The molecule has 1 aromatic heterocycles. The van der Waals surface area contributed by atoms with Crippen LogP contribution in [-0.4, -0.2) is 20.2 Å². The lowest BCUT2D eigenvalue weighted by molar-refractivity contribution is -0.121. The van der Waals surface area contributed by atoms with Crippen molar-refractivity contribution in [2.75, 3.05) is 4.72 Å². The molecule has 0 fully saturated rings. The van der Waals surface area contributed by atoms with Gasteiger partial charge in [-0.1, -0.05) is 48.0 Å². The minimum atomic E-state index is -3.82. The van der Waals surface area contributed by atoms with Crippen LogP contribution in [0.2, 0.25) is 5.02 Å². The predicted octanol–water partition coefficient (Wildman–Crippen LogP) is 3.21. The van der Waals surface area contributed by atoms with Crippen molar-refractivity contribution in [2.24, 2.45) is 0 Å². The van der Waals surface area contributed by atoms with Gasteiger partial charge in [0.05, 0.1) is 17.7 Å². The molecule has 0 atom stereocenters. The van der Waals surface area contributed by atoms with Crippen LogP contribution in [-0.2, 0) is 21.2 Å². The molecule has 0 spiro atoms. The second-order valence-electron chi connectivity index (χ2n) is 5.85. The van der Waals surface area contributed by atoms with Crippen LogP contribution in [0.15, 0.2) is 70.3 Å². The van der Waals surface area contributed by atoms with Crippen LogP contribution in [0.4, 0.5) is 5.69 Å². The van der Waals surface area contributed by atoms with Gasteiger partial charge >= 0.3 is 0 Å². The topological polar surface area (TPSA) is 104 Å². The highest BCUT2D eigenvalue weighted by Gasteiger charge is 2.19. The van der Waals surface area contributed by atoms with Gasteiger partial charge in [0.1, 0.15) is 4.21 Å². The smallest absolute Gasteiger partial charge is 0.271 e. The summed E-state index contributed by atoms with van der Waals surface area (Å²) < 4.78 is 27.4. The number of carbonyl (C=O) groups excluding carboxylic acids is 2. The first-order valence-electron chi connectivity index (χ1n) is 8.35. The number of carbonyl (C=O) groups is 2. The summed E-state index contributed by atoms with van der Waals surface area (Å²) in [5.74, 6) is -1.13. The number of sulfonamides is 1. The van der Waals surface area contributed by atoms with Crippen molar-refractivity contribution in [1.29, 1.82) is 0 Å². The zero-order valence-corrected chi connectivity index (χ0v) is 17.3. The van der Waals surface area contributed by atoms with Gasteiger partial charge < -0.3 is 0 Å². The summed E-state index contributed by atoms with van der Waals surface area (Å²) >= 11 is 7.08. The lowest BCUT2D eigenvalue weighted by Gasteiger charge is -2.13. The van der Waals surface area contributed by atoms with E-state index in [0.717, 1.165) is 11.3 Å². The van der Waals surface area contributed by atoms with Gasteiger partial charge in [0, 0.05) is 5.02 Å². The number of thiophene rings is 1. The molecule has 0 saturated heterocycles. The number of para-hydroxylation sites is 1. The summed E-state index contributed by atoms with van der Waals surface area (Å²) in [6, 6.07) is 16.0. The van der Waals surface area contributed by atoms with Crippen molar-refractivity contribution in [3.8, 4) is 0 Å². The summed E-state index contributed by atoms with van der Waals surface area (Å²) in [5, 5.41) is 2.09. The third-order valence-corrected chi connectivity index (χ3v) is 6.93. The van der Waals surface area contributed by atoms with E-state index in [9.17, 15) is 18.0 Å². The number of hydrazine groups is 1. The monoisotopic (exact) mass is 449 g/mol. The van der Waals surface area contributed by atoms with Crippen molar-refractivity contribution in [3.05, 3.63) is 82.2 Å². The Balaban J connectivity index is 1.67. The first-order valence-corrected chi connectivity index (χ1v) is 11.1. The van der Waals surface area contributed by atoms with Crippen molar-refractivity contribution < 1.29 is 18.0 Å². The lowest BCUT2D eigenvalue weighted by atomic mass is 10.1. The Morgan fingerprint density at radius 3 is 2.38 bits per heavy atom. The van der Waals surface area contributed by atoms with E-state index in [-0.39, 0.29) is 21.9 Å². The van der Waals surface area contributed by atoms with E-state index >= 15 is 0 Å². The molecule has 7 nitrogen and oxygen atoms in total. The Hall–Kier alpha value is -2.88. The SMILES string of the molecule is O=C(Cc1ccccc1Cl)NNC(=O)c1ccccc1NS(=O)(=O)c1cccs1. The maximum absolute atomic E-state index is 12.5. The average Bonchev–Trinajstić information content (AvgIpc) is 3.24. The quantitative estimate of drug-likeness (QED) is 0.502. The third kappa shape index (κ3) is 5.35. The predicted molar refractivity (Wildman–Crippen MR) is 112 cm³/mol. The Morgan fingerprint density at radius 2 is 1.66 bits per heavy atom. The molecule has 3 rings (SSSR count). The molecule has 0 saturated carbocycles. The lowest BCUT2D eigenvalue weighted by Crippen LogP contribution is -2.42. The fourth-order valence-electron chi connectivity index (χ4n) is 2.43. The van der Waals surface area contributed by atoms with E-state index in [2.05, 4.69) is 15.6 Å². The van der Waals surface area contributed by atoms with Gasteiger partial charge in [0.25, 0.3) is 15.9 Å². The molecule has 3 aromatic rings. The minimum Gasteiger partial charge on any atom is -0.278 e. The molecule has 3 N–H and O–H groups in total. The fraction of sp³-hybridized carbons (Fsp3) is 0.0526. The van der Waals surface area contributed by atoms with Crippen molar-refractivity contribution in [1.82, 2.24) is 10.9 Å². The molecule has 10 heteroatoms. The van der Waals surface area contributed by atoms with Gasteiger partial charge in [-0.2, -0.15) is 0 Å². The van der Waals surface area contributed by atoms with E-state index in [4.69, 9.17) is 11.6 Å². The van der Waals surface area contributed by atoms with E-state index < -0.39 is 21.8 Å². The molecule has 0 aliphatic heterocycles. The summed E-state index contributed by atoms with van der Waals surface area (Å²) in [5.41, 5.74) is 5.36. The summed E-state index contributed by atoms with van der Waals surface area (Å²) in [6.45, 7) is 0. The molecule has 1 heterocycles. The molecular weight excluding hydrogens is 434 g/mol. The highest BCUT2D eigenvalue weighted by atomic mass is 35.5. The van der Waals surface area contributed by atoms with Gasteiger partial charge in [-0.05, 0) is 35.2 Å². The number of rotatable bonds is 6. The maximum atomic E-state index is 12.5. The highest BCUT2D eigenvalue weighted by molar-refractivity contribution is 7.94. The molecule has 0 unspecified atom stereocenters. The first-order chi connectivity index (χ1) is 13.9. The van der Waals surface area contributed by atoms with Gasteiger partial charge in [-0.15, -0.1) is 11.3 Å². The van der Waals surface area contributed by atoms with Crippen LogP contribution in [0.5, 0.6) is 0 Å². The zero-order valence-electron chi connectivity index (χ0n) is 14.9. The average molecular weight is 450 g/mol. The third-order valence-electron chi connectivity index (χ3n) is 3.80. The molecule has 150 valence electrons. The second-order valence-corrected chi connectivity index (χ2v) is 9.12. The fourth-order valence-corrected chi connectivity index (χ4v) is 4.71. The molecule has 0 aliphatic carbocycles. The van der Waals surface area contributed by atoms with Crippen molar-refractivity contribution in [2.45, 2.75) is 10.6 Å². The van der Waals surface area contributed by atoms with E-state index in [1.54, 1.807) is 47.8 Å². The summed E-state index contributed by atoms with van der Waals surface area (Å²) in [7, 11) is -3.82. The Labute approximate surface area is 176 Å². The number of amides is 2. The van der Waals surface area contributed by atoms with E-state index in [0.29, 0.717) is 10.6 Å². The number of hydrogen-bond donors (Lipinski definition) is 3. The molecular formula is C19H16ClN3O4S2. The summed E-state index contributed by atoms with van der Waals surface area (Å²) in [6.07, 6.45) is -0.0212. The van der Waals surface area contributed by atoms with Crippen LogP contribution in [0, 0.1) is 0 Å². The largest absolute Gasteiger partial charge is 0.278 e. The van der Waals surface area contributed by atoms with E-state index in [1.807, 2.05) is 0 Å². The number of hydrogen-bond acceptors (Lipinski definition) is 5. The number of nitrogens with one attached hydrogen (secondary N) is 3. The van der Waals surface area contributed by atoms with E-state index in [1.165, 1.54) is 18.2 Å². The Bertz CT molecular complexity index is 1130. The number of anilines is 1. The molecule has 0 radical (unpaired) electrons. The van der Waals surface area contributed by atoms with Crippen molar-refractivity contribution >= 4 is 50.5 Å². The maximum Gasteiger partial charge on any atom is 0.271 e. The standard InChI is InChI=1S/C19H16ClN3O4S2/c20-15-8-3-1-6-13(15)12-17(24)21-22-19(25)14-7-2-4-9-16(14)23-29(26,27)18-10-5-11-28-18/h1-11,23H,12H2,(H,21,24)(H,22,25). The van der Waals surface area contributed by atoms with Crippen LogP contribution in [0.25, 0.3) is 0 Å². The molecule has 0 aliphatic rings. The molecule has 0 bridgehead atoms.